The van der Waals surface area contributed by atoms with Crippen LogP contribution in [0.3, 0.4) is 0 Å². The van der Waals surface area contributed by atoms with Crippen LogP contribution in [0.2, 0.25) is 0 Å². The normalized spacial score (nSPS) is 11.6. The fourth-order valence-corrected chi connectivity index (χ4v) is 2.16. The van der Waals surface area contributed by atoms with Crippen LogP contribution in [0.15, 0.2) is 30.0 Å². The lowest BCUT2D eigenvalue weighted by atomic mass is 10.3. The van der Waals surface area contributed by atoms with E-state index >= 15 is 0 Å². The maximum absolute atomic E-state index is 10.3. The highest BCUT2D eigenvalue weighted by Gasteiger charge is 2.09. The van der Waals surface area contributed by atoms with Crippen LogP contribution >= 0.6 is 11.3 Å². The second kappa shape index (κ2) is 5.48. The molecule has 0 aromatic carbocycles. The summed E-state index contributed by atoms with van der Waals surface area (Å²) in [5, 5.41) is 6.82. The minimum atomic E-state index is -4.39. The summed E-state index contributed by atoms with van der Waals surface area (Å²) >= 11 is 1.51. The van der Waals surface area contributed by atoms with Crippen molar-refractivity contribution in [1.29, 1.82) is 0 Å². The number of thiazole rings is 1. The molecule has 2 aromatic heterocycles. The van der Waals surface area contributed by atoms with Crippen LogP contribution in [0.1, 0.15) is 0 Å². The van der Waals surface area contributed by atoms with Crippen molar-refractivity contribution in [3.63, 3.8) is 0 Å². The zero-order valence-electron chi connectivity index (χ0n) is 9.13. The summed E-state index contributed by atoms with van der Waals surface area (Å²) in [6.45, 7) is 0.0467. The molecule has 2 heterocycles. The Balaban J connectivity index is 1.96. The van der Waals surface area contributed by atoms with E-state index in [1.807, 2.05) is 11.4 Å². The monoisotopic (exact) mass is 288 g/mol. The SMILES string of the molecule is O=S(=O)(O)OCC[n+]1ccc(-c2nccs2)cn1. The number of hydrogen-bond donors (Lipinski definition) is 1. The van der Waals surface area contributed by atoms with Crippen molar-refractivity contribution in [1.82, 2.24) is 10.1 Å². The lowest BCUT2D eigenvalue weighted by molar-refractivity contribution is -0.754. The van der Waals surface area contributed by atoms with Crippen LogP contribution in [0.4, 0.5) is 0 Å². The molecule has 2 rings (SSSR count). The largest absolute Gasteiger partial charge is 0.397 e. The molecule has 0 fully saturated rings. The van der Waals surface area contributed by atoms with E-state index in [0.29, 0.717) is 0 Å². The Kier molecular flexibility index (Phi) is 3.97. The fraction of sp³-hybridized carbons (Fsp3) is 0.222. The third-order valence-electron chi connectivity index (χ3n) is 2.00. The third kappa shape index (κ3) is 3.81. The minimum absolute atomic E-state index is 0.174. The Morgan fingerprint density at radius 1 is 1.50 bits per heavy atom. The Labute approximate surface area is 108 Å². The maximum atomic E-state index is 10.3. The maximum Gasteiger partial charge on any atom is 0.397 e. The first-order chi connectivity index (χ1) is 8.54. The first-order valence-corrected chi connectivity index (χ1v) is 7.16. The molecule has 0 radical (unpaired) electrons. The first kappa shape index (κ1) is 13.0. The van der Waals surface area contributed by atoms with Gasteiger partial charge in [0, 0.05) is 23.2 Å². The van der Waals surface area contributed by atoms with Gasteiger partial charge in [-0.05, 0) is 5.10 Å². The molecule has 0 saturated heterocycles. The summed E-state index contributed by atoms with van der Waals surface area (Å²) in [5.74, 6) is 0. The molecule has 0 unspecified atom stereocenters. The van der Waals surface area contributed by atoms with Crippen molar-refractivity contribution in [2.75, 3.05) is 6.61 Å². The molecule has 0 atom stereocenters. The van der Waals surface area contributed by atoms with Gasteiger partial charge in [-0.3, -0.25) is 4.55 Å². The molecule has 18 heavy (non-hydrogen) atoms. The second-order valence-corrected chi connectivity index (χ2v) is 5.25. The fourth-order valence-electron chi connectivity index (χ4n) is 1.25. The van der Waals surface area contributed by atoms with E-state index in [2.05, 4.69) is 14.3 Å². The third-order valence-corrected chi connectivity index (χ3v) is 3.29. The molecule has 0 aliphatic heterocycles. The summed E-state index contributed by atoms with van der Waals surface area (Å²) in [6, 6.07) is 1.82. The van der Waals surface area contributed by atoms with Crippen LogP contribution in [0.5, 0.6) is 0 Å². The predicted octanol–water partition coefficient (Wildman–Crippen LogP) is 0.312. The second-order valence-electron chi connectivity index (χ2n) is 3.27. The zero-order chi connectivity index (χ0) is 13.0. The number of hydrogen-bond acceptors (Lipinski definition) is 6. The van der Waals surface area contributed by atoms with Crippen molar-refractivity contribution in [3.8, 4) is 10.6 Å². The van der Waals surface area contributed by atoms with Gasteiger partial charge in [-0.1, -0.05) is 4.68 Å². The lowest BCUT2D eigenvalue weighted by Crippen LogP contribution is -2.39. The molecule has 1 N–H and O–H groups in total. The summed E-state index contributed by atoms with van der Waals surface area (Å²) < 4.78 is 34.7. The van der Waals surface area contributed by atoms with Gasteiger partial charge in [0.2, 0.25) is 0 Å². The Hall–Kier alpha value is -1.42. The standard InChI is InChI=1S/C9H9N3O4S2/c13-18(14,15)16-5-4-12-3-1-8(7-11-12)9-10-2-6-17-9/h1-3,6-7H,4-5H2/p+1. The number of rotatable bonds is 5. The zero-order valence-corrected chi connectivity index (χ0v) is 10.8. The van der Waals surface area contributed by atoms with Gasteiger partial charge in [0.15, 0.2) is 12.7 Å². The summed E-state index contributed by atoms with van der Waals surface area (Å²) in [7, 11) is -4.39. The summed E-state index contributed by atoms with van der Waals surface area (Å²) in [6.07, 6.45) is 5.03. The molecule has 2 aromatic rings. The molecule has 9 heteroatoms. The van der Waals surface area contributed by atoms with E-state index < -0.39 is 10.4 Å². The van der Waals surface area contributed by atoms with Gasteiger partial charge in [-0.2, -0.15) is 8.42 Å². The highest BCUT2D eigenvalue weighted by Crippen LogP contribution is 2.18. The van der Waals surface area contributed by atoms with Crippen molar-refractivity contribution in [3.05, 3.63) is 30.0 Å². The van der Waals surface area contributed by atoms with Crippen molar-refractivity contribution in [2.45, 2.75) is 6.54 Å². The predicted molar refractivity (Wildman–Crippen MR) is 63.0 cm³/mol. The molecule has 0 aliphatic rings. The average Bonchev–Trinajstić information content (AvgIpc) is 2.82. The van der Waals surface area contributed by atoms with E-state index in [1.165, 1.54) is 16.0 Å². The average molecular weight is 288 g/mol. The topological polar surface area (TPSA) is 93.3 Å². The lowest BCUT2D eigenvalue weighted by Gasteiger charge is -1.96. The van der Waals surface area contributed by atoms with E-state index in [0.717, 1.165) is 10.6 Å². The van der Waals surface area contributed by atoms with Gasteiger partial charge in [0.25, 0.3) is 0 Å². The molecule has 0 spiro atoms. The molecule has 0 bridgehead atoms. The van der Waals surface area contributed by atoms with Gasteiger partial charge in [0.1, 0.15) is 17.8 Å². The van der Waals surface area contributed by atoms with Crippen LogP contribution < -0.4 is 4.68 Å². The molecule has 0 saturated carbocycles. The smallest absolute Gasteiger partial charge is 0.264 e. The van der Waals surface area contributed by atoms with E-state index in [-0.39, 0.29) is 13.2 Å². The van der Waals surface area contributed by atoms with Crippen LogP contribution in [-0.4, -0.2) is 29.7 Å². The minimum Gasteiger partial charge on any atom is -0.264 e. The van der Waals surface area contributed by atoms with Crippen molar-refractivity contribution < 1.29 is 21.8 Å². The molecule has 0 aliphatic carbocycles. The summed E-state index contributed by atoms with van der Waals surface area (Å²) in [5.41, 5.74) is 0.886. The van der Waals surface area contributed by atoms with Crippen molar-refractivity contribution in [2.24, 2.45) is 0 Å². The van der Waals surface area contributed by atoms with Crippen LogP contribution in [-0.2, 0) is 21.1 Å². The van der Waals surface area contributed by atoms with Crippen molar-refractivity contribution >= 4 is 21.7 Å². The summed E-state index contributed by atoms with van der Waals surface area (Å²) in [4.78, 5) is 4.14. The highest BCUT2D eigenvalue weighted by atomic mass is 32.3. The molecule has 96 valence electrons. The molecule has 7 nitrogen and oxygen atoms in total. The Bertz CT molecular complexity index is 595. The van der Waals surface area contributed by atoms with E-state index in [1.54, 1.807) is 18.6 Å². The highest BCUT2D eigenvalue weighted by molar-refractivity contribution is 7.80. The van der Waals surface area contributed by atoms with Crippen LogP contribution in [0.25, 0.3) is 10.6 Å². The number of nitrogens with zero attached hydrogens (tertiary/aromatic N) is 3. The Morgan fingerprint density at radius 2 is 2.33 bits per heavy atom. The first-order valence-electron chi connectivity index (χ1n) is 4.92. The van der Waals surface area contributed by atoms with E-state index in [9.17, 15) is 8.42 Å². The van der Waals surface area contributed by atoms with Gasteiger partial charge in [0.05, 0.1) is 0 Å². The van der Waals surface area contributed by atoms with Gasteiger partial charge < -0.3 is 0 Å². The van der Waals surface area contributed by atoms with Gasteiger partial charge in [-0.15, -0.1) is 11.3 Å². The quantitative estimate of drug-likeness (QED) is 0.629. The molecular formula is C9H10N3O4S2+. The van der Waals surface area contributed by atoms with Gasteiger partial charge >= 0.3 is 10.4 Å². The van der Waals surface area contributed by atoms with Crippen LogP contribution in [0, 0.1) is 0 Å². The Morgan fingerprint density at radius 3 is 2.89 bits per heavy atom. The van der Waals surface area contributed by atoms with E-state index in [4.69, 9.17) is 4.55 Å². The van der Waals surface area contributed by atoms with Gasteiger partial charge in [-0.25, -0.2) is 9.17 Å². The molecule has 0 amide bonds. The number of aromatic nitrogens is 3. The molecular weight excluding hydrogens is 278 g/mol.